The largest absolute Gasteiger partial charge is 0.487 e. The summed E-state index contributed by atoms with van der Waals surface area (Å²) in [6, 6.07) is 27.6. The van der Waals surface area contributed by atoms with Gasteiger partial charge in [-0.25, -0.2) is 9.79 Å². The van der Waals surface area contributed by atoms with E-state index in [-0.39, 0.29) is 17.7 Å². The van der Waals surface area contributed by atoms with Crippen molar-refractivity contribution in [3.05, 3.63) is 156 Å². The molecule has 6 nitrogen and oxygen atoms in total. The molecule has 0 N–H and O–H groups in total. The summed E-state index contributed by atoms with van der Waals surface area (Å²) in [4.78, 5) is 33.4. The van der Waals surface area contributed by atoms with Gasteiger partial charge in [0.1, 0.15) is 12.4 Å². The van der Waals surface area contributed by atoms with Gasteiger partial charge in [-0.1, -0.05) is 109 Å². The number of halogens is 4. The van der Waals surface area contributed by atoms with Crippen LogP contribution in [0.25, 0.3) is 11.8 Å². The lowest BCUT2D eigenvalue weighted by Gasteiger charge is -2.26. The van der Waals surface area contributed by atoms with Crippen LogP contribution in [-0.2, 0) is 16.1 Å². The topological polar surface area (TPSA) is 69.9 Å². The van der Waals surface area contributed by atoms with Crippen LogP contribution >= 0.6 is 77.4 Å². The number of esters is 1. The minimum Gasteiger partial charge on any atom is -0.487 e. The smallest absolute Gasteiger partial charge is 0.338 e. The molecule has 1 aliphatic rings. The molecule has 232 valence electrons. The molecular weight excluding hydrogens is 867 g/mol. The maximum Gasteiger partial charge on any atom is 0.338 e. The Kier molecular flexibility index (Phi) is 10.3. The minimum atomic E-state index is -0.791. The first-order valence-corrected chi connectivity index (χ1v) is 18.0. The first-order chi connectivity index (χ1) is 22.2. The molecule has 0 saturated heterocycles. The van der Waals surface area contributed by atoms with Crippen molar-refractivity contribution in [3.8, 4) is 5.75 Å². The predicted octanol–water partition coefficient (Wildman–Crippen LogP) is 8.30. The Morgan fingerprint density at radius 3 is 2.43 bits per heavy atom. The standard InChI is InChI=1S/C35H24Br2ClIN2O4S/c1-2-44-34(43)29-30(21-6-4-3-5-7-21)40-35-41(31(29)22-10-14-26(38)15-11-22)33(42)28(46-35)17-23-16-25(37)18-27(39)32(23)45-19-20-8-12-24(36)13-9-20/h3-18,31H,2,19H2,1H3/b28-17-/t31-/m1/s1. The number of aromatic nitrogens is 1. The van der Waals surface area contributed by atoms with E-state index in [1.165, 1.54) is 11.3 Å². The number of ether oxygens (including phenoxy) is 2. The molecule has 0 bridgehead atoms. The molecule has 1 aliphatic heterocycles. The van der Waals surface area contributed by atoms with Crippen molar-refractivity contribution in [1.29, 1.82) is 0 Å². The fourth-order valence-corrected chi connectivity index (χ4v) is 8.21. The summed E-state index contributed by atoms with van der Waals surface area (Å²) in [6.07, 6.45) is 1.82. The van der Waals surface area contributed by atoms with Crippen LogP contribution in [0.1, 0.15) is 35.2 Å². The zero-order chi connectivity index (χ0) is 32.4. The Labute approximate surface area is 304 Å². The molecule has 2 heterocycles. The molecule has 1 atom stereocenters. The average molecular weight is 891 g/mol. The number of hydrogen-bond acceptors (Lipinski definition) is 6. The molecule has 46 heavy (non-hydrogen) atoms. The normalized spacial score (nSPS) is 14.5. The summed E-state index contributed by atoms with van der Waals surface area (Å²) in [5, 5.41) is 0.543. The Morgan fingerprint density at radius 1 is 1.02 bits per heavy atom. The van der Waals surface area contributed by atoms with Gasteiger partial charge in [0.25, 0.3) is 5.56 Å². The average Bonchev–Trinajstić information content (AvgIpc) is 3.35. The third-order valence-corrected chi connectivity index (χ3v) is 10.2. The van der Waals surface area contributed by atoms with Crippen LogP contribution in [0, 0.1) is 3.57 Å². The van der Waals surface area contributed by atoms with Gasteiger partial charge in [0.05, 0.1) is 32.0 Å². The summed E-state index contributed by atoms with van der Waals surface area (Å²) in [7, 11) is 0. The maximum atomic E-state index is 14.4. The molecule has 11 heteroatoms. The summed E-state index contributed by atoms with van der Waals surface area (Å²) in [6.45, 7) is 2.28. The van der Waals surface area contributed by atoms with Crippen LogP contribution in [0.4, 0.5) is 0 Å². The number of carbonyl (C=O) groups excluding carboxylic acids is 1. The fraction of sp³-hybridized carbons (Fsp3) is 0.114. The van der Waals surface area contributed by atoms with Crippen LogP contribution in [0.2, 0.25) is 5.02 Å². The zero-order valence-electron chi connectivity index (χ0n) is 24.2. The molecular formula is C35H24Br2ClIN2O4S. The van der Waals surface area contributed by atoms with Crippen LogP contribution < -0.4 is 19.6 Å². The van der Waals surface area contributed by atoms with Crippen molar-refractivity contribution in [2.75, 3.05) is 6.61 Å². The van der Waals surface area contributed by atoms with Crippen LogP contribution in [0.15, 0.2) is 115 Å². The van der Waals surface area contributed by atoms with E-state index in [1.54, 1.807) is 23.6 Å². The highest BCUT2D eigenvalue weighted by molar-refractivity contribution is 14.1. The van der Waals surface area contributed by atoms with Gasteiger partial charge in [-0.15, -0.1) is 0 Å². The molecule has 4 aromatic carbocycles. The lowest BCUT2D eigenvalue weighted by molar-refractivity contribution is -0.138. The van der Waals surface area contributed by atoms with Crippen LogP contribution in [0.3, 0.4) is 0 Å². The zero-order valence-corrected chi connectivity index (χ0v) is 31.1. The van der Waals surface area contributed by atoms with Gasteiger partial charge in [0, 0.05) is 25.1 Å². The van der Waals surface area contributed by atoms with Crippen molar-refractivity contribution >= 4 is 95.1 Å². The Hall–Kier alpha value is -3.03. The first-order valence-electron chi connectivity index (χ1n) is 14.1. The van der Waals surface area contributed by atoms with E-state index >= 15 is 0 Å². The quantitative estimate of drug-likeness (QED) is 0.116. The minimum absolute atomic E-state index is 0.173. The number of carbonyl (C=O) groups is 1. The van der Waals surface area contributed by atoms with E-state index in [9.17, 15) is 9.59 Å². The molecule has 0 radical (unpaired) electrons. The lowest BCUT2D eigenvalue weighted by atomic mass is 9.93. The molecule has 0 amide bonds. The highest BCUT2D eigenvalue weighted by Crippen LogP contribution is 2.36. The second-order valence-corrected chi connectivity index (χ2v) is 14.6. The lowest BCUT2D eigenvalue weighted by Crippen LogP contribution is -2.40. The van der Waals surface area contributed by atoms with E-state index in [2.05, 4.69) is 54.5 Å². The Morgan fingerprint density at radius 2 is 1.74 bits per heavy atom. The van der Waals surface area contributed by atoms with Gasteiger partial charge in [-0.3, -0.25) is 9.36 Å². The SMILES string of the molecule is CCOC(=O)C1=C(c2ccccc2)N=c2s/c(=C\c3cc(Br)cc(I)c3OCc3ccc(Br)cc3)c(=O)n2[C@@H]1c1ccc(Cl)cc1. The van der Waals surface area contributed by atoms with Gasteiger partial charge < -0.3 is 9.47 Å². The summed E-state index contributed by atoms with van der Waals surface area (Å²) < 4.78 is 16.6. The van der Waals surface area contributed by atoms with E-state index in [1.807, 2.05) is 84.9 Å². The van der Waals surface area contributed by atoms with E-state index in [4.69, 9.17) is 26.1 Å². The number of nitrogens with zero attached hydrogens (tertiary/aromatic N) is 2. The number of fused-ring (bicyclic) bond motifs is 1. The highest BCUT2D eigenvalue weighted by Gasteiger charge is 2.35. The summed E-state index contributed by atoms with van der Waals surface area (Å²) in [5.74, 6) is 0.119. The molecule has 0 saturated carbocycles. The van der Waals surface area contributed by atoms with Gasteiger partial charge in [-0.05, 0) is 83.1 Å². The number of hydrogen-bond donors (Lipinski definition) is 0. The molecule has 0 unspecified atom stereocenters. The first kappa shape index (κ1) is 32.9. The third kappa shape index (κ3) is 6.96. The fourth-order valence-electron chi connectivity index (χ4n) is 5.12. The van der Waals surface area contributed by atoms with Gasteiger partial charge >= 0.3 is 5.97 Å². The monoisotopic (exact) mass is 888 g/mol. The van der Waals surface area contributed by atoms with Crippen molar-refractivity contribution in [2.45, 2.75) is 19.6 Å². The van der Waals surface area contributed by atoms with E-state index in [0.29, 0.717) is 38.0 Å². The van der Waals surface area contributed by atoms with E-state index in [0.717, 1.165) is 29.2 Å². The maximum absolute atomic E-state index is 14.4. The van der Waals surface area contributed by atoms with Crippen molar-refractivity contribution in [1.82, 2.24) is 4.57 Å². The van der Waals surface area contributed by atoms with E-state index < -0.39 is 12.0 Å². The summed E-state index contributed by atoms with van der Waals surface area (Å²) in [5.41, 5.74) is 3.65. The predicted molar refractivity (Wildman–Crippen MR) is 198 cm³/mol. The Bertz CT molecular complexity index is 2150. The number of benzene rings is 4. The number of rotatable bonds is 8. The van der Waals surface area contributed by atoms with Gasteiger partial charge in [-0.2, -0.15) is 0 Å². The molecule has 0 aliphatic carbocycles. The number of thiazole rings is 1. The van der Waals surface area contributed by atoms with Crippen molar-refractivity contribution < 1.29 is 14.3 Å². The van der Waals surface area contributed by atoms with Gasteiger partial charge in [0.2, 0.25) is 0 Å². The Balaban J connectivity index is 1.55. The molecule has 6 rings (SSSR count). The molecule has 0 fully saturated rings. The summed E-state index contributed by atoms with van der Waals surface area (Å²) >= 11 is 16.8. The van der Waals surface area contributed by atoms with Crippen LogP contribution in [-0.4, -0.2) is 17.1 Å². The van der Waals surface area contributed by atoms with Gasteiger partial charge in [0.15, 0.2) is 4.80 Å². The molecule has 5 aromatic rings. The molecule has 0 spiro atoms. The highest BCUT2D eigenvalue weighted by atomic mass is 127. The van der Waals surface area contributed by atoms with Crippen LogP contribution in [0.5, 0.6) is 5.75 Å². The third-order valence-electron chi connectivity index (χ3n) is 7.18. The second kappa shape index (κ2) is 14.4. The second-order valence-electron chi connectivity index (χ2n) is 10.2. The van der Waals surface area contributed by atoms with Crippen molar-refractivity contribution in [2.24, 2.45) is 4.99 Å². The molecule has 1 aromatic heterocycles. The van der Waals surface area contributed by atoms with Crippen molar-refractivity contribution in [3.63, 3.8) is 0 Å².